The maximum absolute atomic E-state index is 13.1. The molecule has 1 aromatic heterocycles. The standard InChI is InChI=1S/C20H23Cl2N3O2S/c21-17-18(24-28-19(17)22)20(27)25(15-9-5-2-6-10-15)13-16(26)23-12-11-14-7-3-1-4-8-14/h1,3-4,7-8,15H,2,5-6,9-13H2,(H,23,26). The maximum atomic E-state index is 13.1. The Bertz CT molecular complexity index is 807. The highest BCUT2D eigenvalue weighted by molar-refractivity contribution is 7.11. The molecular weight excluding hydrogens is 417 g/mol. The fraction of sp³-hybridized carbons (Fsp3) is 0.450. The second kappa shape index (κ2) is 10.2. The summed E-state index contributed by atoms with van der Waals surface area (Å²) in [5, 5.41) is 3.09. The number of carbonyl (C=O) groups excluding carboxylic acids is 2. The van der Waals surface area contributed by atoms with Crippen LogP contribution in [0.1, 0.15) is 48.2 Å². The van der Waals surface area contributed by atoms with E-state index in [9.17, 15) is 9.59 Å². The molecular formula is C20H23Cl2N3O2S. The first kappa shape index (κ1) is 21.1. The molecule has 1 heterocycles. The van der Waals surface area contributed by atoms with E-state index in [0.717, 1.165) is 55.6 Å². The van der Waals surface area contributed by atoms with Gasteiger partial charge in [-0.25, -0.2) is 0 Å². The Kier molecular flexibility index (Phi) is 7.71. The van der Waals surface area contributed by atoms with Crippen LogP contribution in [0, 0.1) is 0 Å². The van der Waals surface area contributed by atoms with Gasteiger partial charge in [0.25, 0.3) is 5.91 Å². The Hall–Kier alpha value is -1.63. The van der Waals surface area contributed by atoms with Crippen molar-refractivity contribution in [2.75, 3.05) is 13.1 Å². The molecule has 28 heavy (non-hydrogen) atoms. The minimum Gasteiger partial charge on any atom is -0.354 e. The highest BCUT2D eigenvalue weighted by Crippen LogP contribution is 2.32. The molecule has 1 N–H and O–H groups in total. The highest BCUT2D eigenvalue weighted by atomic mass is 35.5. The first-order valence-electron chi connectivity index (χ1n) is 9.48. The Balaban J connectivity index is 1.64. The summed E-state index contributed by atoms with van der Waals surface area (Å²) >= 11 is 13.1. The van der Waals surface area contributed by atoms with Gasteiger partial charge in [-0.2, -0.15) is 4.37 Å². The molecule has 2 aromatic rings. The van der Waals surface area contributed by atoms with Crippen LogP contribution in [0.3, 0.4) is 0 Å². The van der Waals surface area contributed by atoms with E-state index in [1.807, 2.05) is 30.3 Å². The molecule has 2 amide bonds. The van der Waals surface area contributed by atoms with Gasteiger partial charge in [-0.3, -0.25) is 9.59 Å². The highest BCUT2D eigenvalue weighted by Gasteiger charge is 2.31. The third kappa shape index (κ3) is 5.46. The van der Waals surface area contributed by atoms with E-state index in [4.69, 9.17) is 23.2 Å². The second-order valence-electron chi connectivity index (χ2n) is 6.93. The number of benzene rings is 1. The van der Waals surface area contributed by atoms with Crippen LogP contribution in [0.5, 0.6) is 0 Å². The Morgan fingerprint density at radius 3 is 2.50 bits per heavy atom. The molecule has 1 saturated carbocycles. The number of nitrogens with one attached hydrogen (secondary N) is 1. The normalized spacial score (nSPS) is 14.6. The molecule has 0 unspecified atom stereocenters. The minimum absolute atomic E-state index is 0.00373. The predicted molar refractivity (Wildman–Crippen MR) is 113 cm³/mol. The molecule has 150 valence electrons. The lowest BCUT2D eigenvalue weighted by Gasteiger charge is -2.33. The fourth-order valence-electron chi connectivity index (χ4n) is 3.49. The van der Waals surface area contributed by atoms with E-state index in [0.29, 0.717) is 10.9 Å². The van der Waals surface area contributed by atoms with Crippen LogP contribution < -0.4 is 5.32 Å². The summed E-state index contributed by atoms with van der Waals surface area (Å²) in [6.45, 7) is 0.530. The number of amides is 2. The van der Waals surface area contributed by atoms with Crippen molar-refractivity contribution >= 4 is 46.5 Å². The summed E-state index contributed by atoms with van der Waals surface area (Å²) in [6, 6.07) is 9.99. The molecule has 0 saturated heterocycles. The molecule has 0 spiro atoms. The topological polar surface area (TPSA) is 62.3 Å². The summed E-state index contributed by atoms with van der Waals surface area (Å²) in [4.78, 5) is 27.2. The molecule has 1 fully saturated rings. The molecule has 0 radical (unpaired) electrons. The Morgan fingerprint density at radius 2 is 1.86 bits per heavy atom. The van der Waals surface area contributed by atoms with Gasteiger partial charge >= 0.3 is 0 Å². The van der Waals surface area contributed by atoms with Crippen LogP contribution in [0.4, 0.5) is 0 Å². The number of hydrogen-bond acceptors (Lipinski definition) is 4. The van der Waals surface area contributed by atoms with Crippen molar-refractivity contribution in [2.24, 2.45) is 0 Å². The van der Waals surface area contributed by atoms with E-state index in [1.54, 1.807) is 4.90 Å². The largest absolute Gasteiger partial charge is 0.354 e. The Labute approximate surface area is 179 Å². The molecule has 1 aliphatic carbocycles. The number of halogens is 2. The van der Waals surface area contributed by atoms with Crippen molar-refractivity contribution < 1.29 is 9.59 Å². The van der Waals surface area contributed by atoms with Gasteiger partial charge in [-0.15, -0.1) is 0 Å². The van der Waals surface area contributed by atoms with E-state index in [-0.39, 0.29) is 35.1 Å². The molecule has 0 atom stereocenters. The third-order valence-corrected chi connectivity index (χ3v) is 6.58. The van der Waals surface area contributed by atoms with E-state index >= 15 is 0 Å². The number of hydrogen-bond donors (Lipinski definition) is 1. The summed E-state index contributed by atoms with van der Waals surface area (Å²) in [7, 11) is 0. The zero-order valence-electron chi connectivity index (χ0n) is 15.5. The lowest BCUT2D eigenvalue weighted by Crippen LogP contribution is -2.47. The summed E-state index contributed by atoms with van der Waals surface area (Å²) in [5.41, 5.74) is 1.30. The SMILES string of the molecule is O=C(CN(C(=O)c1nsc(Cl)c1Cl)C1CCCCC1)NCCc1ccccc1. The van der Waals surface area contributed by atoms with Crippen molar-refractivity contribution in [1.82, 2.24) is 14.6 Å². The Morgan fingerprint density at radius 1 is 1.14 bits per heavy atom. The van der Waals surface area contributed by atoms with Crippen LogP contribution >= 0.6 is 34.7 Å². The zero-order chi connectivity index (χ0) is 19.9. The van der Waals surface area contributed by atoms with Crippen molar-refractivity contribution in [3.05, 3.63) is 50.9 Å². The lowest BCUT2D eigenvalue weighted by molar-refractivity contribution is -0.122. The molecule has 8 heteroatoms. The third-order valence-electron chi connectivity index (χ3n) is 4.97. The fourth-order valence-corrected chi connectivity index (χ4v) is 4.48. The van der Waals surface area contributed by atoms with Crippen molar-refractivity contribution in [1.29, 1.82) is 0 Å². The molecule has 1 aromatic carbocycles. The van der Waals surface area contributed by atoms with Gasteiger partial charge in [0.05, 0.1) is 0 Å². The summed E-state index contributed by atoms with van der Waals surface area (Å²) in [6.07, 6.45) is 5.78. The van der Waals surface area contributed by atoms with Crippen LogP contribution in [-0.4, -0.2) is 40.2 Å². The average Bonchev–Trinajstić information content (AvgIpc) is 3.06. The number of carbonyl (C=O) groups is 2. The van der Waals surface area contributed by atoms with Gasteiger partial charge in [0.15, 0.2) is 5.69 Å². The van der Waals surface area contributed by atoms with E-state index in [1.165, 1.54) is 0 Å². The average molecular weight is 440 g/mol. The van der Waals surface area contributed by atoms with Gasteiger partial charge in [0, 0.05) is 12.6 Å². The van der Waals surface area contributed by atoms with Crippen molar-refractivity contribution in [3.63, 3.8) is 0 Å². The van der Waals surface area contributed by atoms with Gasteiger partial charge in [-0.1, -0.05) is 72.8 Å². The first-order chi connectivity index (χ1) is 13.6. The quantitative estimate of drug-likeness (QED) is 0.686. The van der Waals surface area contributed by atoms with Crippen molar-refractivity contribution in [2.45, 2.75) is 44.6 Å². The molecule has 0 bridgehead atoms. The van der Waals surface area contributed by atoms with Gasteiger partial charge in [-0.05, 0) is 36.4 Å². The molecule has 5 nitrogen and oxygen atoms in total. The van der Waals surface area contributed by atoms with Gasteiger partial charge in [0.2, 0.25) is 5.91 Å². The van der Waals surface area contributed by atoms with Gasteiger partial charge < -0.3 is 10.2 Å². The number of aromatic nitrogens is 1. The van der Waals surface area contributed by atoms with Crippen LogP contribution in [-0.2, 0) is 11.2 Å². The molecule has 0 aliphatic heterocycles. The molecule has 1 aliphatic rings. The van der Waals surface area contributed by atoms with Gasteiger partial charge in [0.1, 0.15) is 15.9 Å². The van der Waals surface area contributed by atoms with Crippen LogP contribution in [0.25, 0.3) is 0 Å². The van der Waals surface area contributed by atoms with Crippen LogP contribution in [0.15, 0.2) is 30.3 Å². The first-order valence-corrected chi connectivity index (χ1v) is 11.0. The number of nitrogens with zero attached hydrogens (tertiary/aromatic N) is 2. The summed E-state index contributed by atoms with van der Waals surface area (Å²) in [5.74, 6) is -0.495. The number of rotatable bonds is 7. The summed E-state index contributed by atoms with van der Waals surface area (Å²) < 4.78 is 4.39. The minimum atomic E-state index is -0.321. The second-order valence-corrected chi connectivity index (χ2v) is 8.68. The monoisotopic (exact) mass is 439 g/mol. The smallest absolute Gasteiger partial charge is 0.275 e. The van der Waals surface area contributed by atoms with E-state index in [2.05, 4.69) is 9.69 Å². The van der Waals surface area contributed by atoms with Crippen molar-refractivity contribution in [3.8, 4) is 0 Å². The van der Waals surface area contributed by atoms with E-state index < -0.39 is 0 Å². The predicted octanol–water partition coefficient (Wildman–Crippen LogP) is 4.58. The maximum Gasteiger partial charge on any atom is 0.275 e. The lowest BCUT2D eigenvalue weighted by atomic mass is 9.94. The molecule has 3 rings (SSSR count). The zero-order valence-corrected chi connectivity index (χ0v) is 17.8. The van der Waals surface area contributed by atoms with Crippen LogP contribution in [0.2, 0.25) is 9.36 Å².